The summed E-state index contributed by atoms with van der Waals surface area (Å²) >= 11 is 6.17. The maximum Gasteiger partial charge on any atom is 0.387 e. The van der Waals surface area contributed by atoms with Gasteiger partial charge in [0.2, 0.25) is 0 Å². The van der Waals surface area contributed by atoms with E-state index in [9.17, 15) is 18.4 Å². The molecule has 32 heavy (non-hydrogen) atoms. The molecule has 0 heterocycles. The Bertz CT molecular complexity index is 983. The lowest BCUT2D eigenvalue weighted by Gasteiger charge is -2.15. The fourth-order valence-corrected chi connectivity index (χ4v) is 2.88. The van der Waals surface area contributed by atoms with Crippen LogP contribution in [0.15, 0.2) is 42.5 Å². The number of hydrogen-bond donors (Lipinski definition) is 1. The number of esters is 1. The number of nitrogens with one attached hydrogen (secondary N) is 1. The molecule has 2 aromatic rings. The number of methoxy groups -OCH3 is 1. The highest BCUT2D eigenvalue weighted by atomic mass is 35.5. The molecule has 0 saturated carbocycles. The van der Waals surface area contributed by atoms with Crippen molar-refractivity contribution in [3.63, 3.8) is 0 Å². The molecule has 172 valence electrons. The molecule has 0 radical (unpaired) electrons. The van der Waals surface area contributed by atoms with Crippen LogP contribution in [0.2, 0.25) is 5.02 Å². The van der Waals surface area contributed by atoms with Crippen LogP contribution in [0.1, 0.15) is 19.4 Å². The summed E-state index contributed by atoms with van der Waals surface area (Å²) in [5.41, 5.74) is 0.568. The number of halogens is 3. The highest BCUT2D eigenvalue weighted by Crippen LogP contribution is 2.36. The molecule has 0 fully saturated rings. The molecule has 1 N–H and O–H groups in total. The predicted molar refractivity (Wildman–Crippen MR) is 115 cm³/mol. The zero-order chi connectivity index (χ0) is 23.7. The van der Waals surface area contributed by atoms with E-state index in [1.807, 2.05) is 0 Å². The summed E-state index contributed by atoms with van der Waals surface area (Å²) < 4.78 is 45.1. The van der Waals surface area contributed by atoms with Crippen LogP contribution >= 0.6 is 11.6 Å². The highest BCUT2D eigenvalue weighted by molar-refractivity contribution is 6.32. The number of ether oxygens (including phenoxy) is 4. The largest absolute Gasteiger partial charge is 0.491 e. The van der Waals surface area contributed by atoms with Crippen LogP contribution in [-0.2, 0) is 14.3 Å². The number of benzene rings is 2. The van der Waals surface area contributed by atoms with E-state index >= 15 is 0 Å². The summed E-state index contributed by atoms with van der Waals surface area (Å²) in [5, 5.41) is 2.69. The van der Waals surface area contributed by atoms with Gasteiger partial charge in [0.05, 0.1) is 24.4 Å². The van der Waals surface area contributed by atoms with E-state index in [0.29, 0.717) is 28.7 Å². The van der Waals surface area contributed by atoms with E-state index in [0.717, 1.165) is 6.08 Å². The third-order valence-corrected chi connectivity index (χ3v) is 4.25. The van der Waals surface area contributed by atoms with E-state index in [2.05, 4.69) is 10.1 Å². The third kappa shape index (κ3) is 7.12. The van der Waals surface area contributed by atoms with Crippen molar-refractivity contribution in [2.24, 2.45) is 0 Å². The van der Waals surface area contributed by atoms with Crippen LogP contribution in [0.25, 0.3) is 6.08 Å². The molecule has 7 nitrogen and oxygen atoms in total. The molecule has 1 atom stereocenters. The number of anilines is 1. The van der Waals surface area contributed by atoms with Gasteiger partial charge in [0.25, 0.3) is 5.91 Å². The fraction of sp³-hybridized carbons (Fsp3) is 0.273. The second kappa shape index (κ2) is 11.9. The van der Waals surface area contributed by atoms with Crippen LogP contribution < -0.4 is 19.5 Å². The Balaban J connectivity index is 2.02. The quantitative estimate of drug-likeness (QED) is 0.392. The summed E-state index contributed by atoms with van der Waals surface area (Å²) in [6.45, 7) is 0.482. The molecular formula is C22H22ClF2NO6. The summed E-state index contributed by atoms with van der Waals surface area (Å²) in [4.78, 5) is 24.4. The first-order chi connectivity index (χ1) is 15.2. The Labute approximate surface area is 188 Å². The number of rotatable bonds is 10. The van der Waals surface area contributed by atoms with Gasteiger partial charge in [-0.3, -0.25) is 4.79 Å². The molecule has 0 bridgehead atoms. The number of alkyl halides is 2. The van der Waals surface area contributed by atoms with Crippen molar-refractivity contribution in [3.05, 3.63) is 53.1 Å². The number of carbonyl (C=O) groups excluding carboxylic acids is 2. The van der Waals surface area contributed by atoms with Gasteiger partial charge < -0.3 is 24.3 Å². The van der Waals surface area contributed by atoms with Crippen molar-refractivity contribution in [2.45, 2.75) is 26.6 Å². The Kier molecular flexibility index (Phi) is 9.27. The SMILES string of the molecule is CCOc1cc(/C=C/C(=O)OC(C)C(=O)Nc2ccccc2OC(F)F)cc(Cl)c1OC. The van der Waals surface area contributed by atoms with Crippen LogP contribution in [0.3, 0.4) is 0 Å². The molecule has 0 saturated heterocycles. The predicted octanol–water partition coefficient (Wildman–Crippen LogP) is 4.93. The molecule has 0 aliphatic carbocycles. The topological polar surface area (TPSA) is 83.1 Å². The number of amides is 1. The maximum absolute atomic E-state index is 12.5. The van der Waals surface area contributed by atoms with Crippen molar-refractivity contribution in [1.82, 2.24) is 0 Å². The monoisotopic (exact) mass is 469 g/mol. The fourth-order valence-electron chi connectivity index (χ4n) is 2.58. The van der Waals surface area contributed by atoms with Crippen LogP contribution in [0.4, 0.5) is 14.5 Å². The van der Waals surface area contributed by atoms with Gasteiger partial charge >= 0.3 is 12.6 Å². The van der Waals surface area contributed by atoms with Crippen molar-refractivity contribution >= 4 is 35.2 Å². The Morgan fingerprint density at radius 2 is 1.91 bits per heavy atom. The van der Waals surface area contributed by atoms with E-state index in [4.69, 9.17) is 25.8 Å². The molecule has 0 aliphatic heterocycles. The Morgan fingerprint density at radius 1 is 1.19 bits per heavy atom. The minimum Gasteiger partial charge on any atom is -0.491 e. The highest BCUT2D eigenvalue weighted by Gasteiger charge is 2.19. The molecule has 10 heteroatoms. The number of carbonyl (C=O) groups is 2. The van der Waals surface area contributed by atoms with Gasteiger partial charge in [-0.25, -0.2) is 4.79 Å². The summed E-state index contributed by atoms with van der Waals surface area (Å²) in [7, 11) is 1.46. The van der Waals surface area contributed by atoms with E-state index in [1.165, 1.54) is 44.4 Å². The van der Waals surface area contributed by atoms with E-state index < -0.39 is 24.6 Å². The molecule has 2 aromatic carbocycles. The normalized spacial score (nSPS) is 11.8. The van der Waals surface area contributed by atoms with Gasteiger partial charge in [-0.2, -0.15) is 8.78 Å². The lowest BCUT2D eigenvalue weighted by atomic mass is 10.2. The second-order valence-corrected chi connectivity index (χ2v) is 6.65. The van der Waals surface area contributed by atoms with Crippen LogP contribution in [-0.4, -0.2) is 38.3 Å². The summed E-state index contributed by atoms with van der Waals surface area (Å²) in [5.74, 6) is -0.948. The standard InChI is InChI=1S/C22H22ClF2NO6/c1-4-30-18-12-14(11-15(23)20(18)29-3)9-10-19(27)31-13(2)21(28)26-16-7-5-6-8-17(16)32-22(24)25/h5-13,22H,4H2,1-3H3,(H,26,28)/b10-9+. The van der Waals surface area contributed by atoms with Crippen LogP contribution in [0.5, 0.6) is 17.2 Å². The molecule has 0 aromatic heterocycles. The first-order valence-electron chi connectivity index (χ1n) is 9.48. The zero-order valence-electron chi connectivity index (χ0n) is 17.6. The van der Waals surface area contributed by atoms with Crippen molar-refractivity contribution in [1.29, 1.82) is 0 Å². The molecule has 1 amide bonds. The molecule has 0 spiro atoms. The number of hydrogen-bond acceptors (Lipinski definition) is 6. The Hall–Kier alpha value is -3.33. The zero-order valence-corrected chi connectivity index (χ0v) is 18.3. The molecule has 0 aliphatic rings. The lowest BCUT2D eigenvalue weighted by molar-refractivity contribution is -0.148. The first kappa shape index (κ1) is 24.9. The van der Waals surface area contributed by atoms with Gasteiger partial charge in [0.1, 0.15) is 5.75 Å². The van der Waals surface area contributed by atoms with Gasteiger partial charge in [0, 0.05) is 6.08 Å². The maximum atomic E-state index is 12.5. The van der Waals surface area contributed by atoms with Gasteiger partial charge in [-0.15, -0.1) is 0 Å². The molecule has 1 unspecified atom stereocenters. The van der Waals surface area contributed by atoms with Crippen molar-refractivity contribution in [3.8, 4) is 17.2 Å². The first-order valence-corrected chi connectivity index (χ1v) is 9.86. The van der Waals surface area contributed by atoms with E-state index in [-0.39, 0.29) is 11.4 Å². The lowest BCUT2D eigenvalue weighted by Crippen LogP contribution is -2.29. The average molecular weight is 470 g/mol. The smallest absolute Gasteiger partial charge is 0.387 e. The number of para-hydroxylation sites is 2. The van der Waals surface area contributed by atoms with Gasteiger partial charge in [-0.1, -0.05) is 23.7 Å². The molecule has 2 rings (SSSR count). The second-order valence-electron chi connectivity index (χ2n) is 6.24. The summed E-state index contributed by atoms with van der Waals surface area (Å²) in [6, 6.07) is 8.87. The minimum atomic E-state index is -3.05. The third-order valence-electron chi connectivity index (χ3n) is 3.97. The van der Waals surface area contributed by atoms with Crippen molar-refractivity contribution < 1.29 is 37.3 Å². The van der Waals surface area contributed by atoms with Crippen LogP contribution in [0, 0.1) is 0 Å². The average Bonchev–Trinajstić information content (AvgIpc) is 2.73. The van der Waals surface area contributed by atoms with Gasteiger partial charge in [0.15, 0.2) is 17.6 Å². The van der Waals surface area contributed by atoms with E-state index in [1.54, 1.807) is 19.1 Å². The Morgan fingerprint density at radius 3 is 2.56 bits per heavy atom. The van der Waals surface area contributed by atoms with Gasteiger partial charge in [-0.05, 0) is 49.8 Å². The summed E-state index contributed by atoms with van der Waals surface area (Å²) in [6.07, 6.45) is 1.35. The minimum absolute atomic E-state index is 0.0209. The molecular weight excluding hydrogens is 448 g/mol. The van der Waals surface area contributed by atoms with Crippen molar-refractivity contribution in [2.75, 3.05) is 19.0 Å².